The number of nitrogens with one attached hydrogen (secondary N) is 1. The Morgan fingerprint density at radius 2 is 1.72 bits per heavy atom. The van der Waals surface area contributed by atoms with E-state index in [1.54, 1.807) is 56.3 Å². The van der Waals surface area contributed by atoms with Crippen LogP contribution in [0, 0.1) is 16.7 Å². The minimum atomic E-state index is -4.05. The molecule has 0 aliphatic carbocycles. The zero-order valence-electron chi connectivity index (χ0n) is 21.2. The number of sulfonamides is 1. The number of amidine groups is 1. The summed E-state index contributed by atoms with van der Waals surface area (Å²) in [6.45, 7) is 4.54. The van der Waals surface area contributed by atoms with E-state index in [2.05, 4.69) is 11.1 Å². The van der Waals surface area contributed by atoms with Crippen molar-refractivity contribution in [2.24, 2.45) is 0 Å². The van der Waals surface area contributed by atoms with Gasteiger partial charge in [0.05, 0.1) is 29.4 Å². The van der Waals surface area contributed by atoms with Gasteiger partial charge in [-0.15, -0.1) is 0 Å². The second-order valence-electron chi connectivity index (χ2n) is 9.74. The number of benzene rings is 2. The average molecular weight is 587 g/mol. The summed E-state index contributed by atoms with van der Waals surface area (Å²) in [6, 6.07) is 13.6. The Balaban J connectivity index is 1.62. The monoisotopic (exact) mass is 585 g/mol. The molecule has 2 aromatic carbocycles. The van der Waals surface area contributed by atoms with Crippen molar-refractivity contribution >= 4 is 56.6 Å². The maximum atomic E-state index is 14.2. The molecule has 0 radical (unpaired) electrons. The van der Waals surface area contributed by atoms with E-state index in [0.717, 1.165) is 5.56 Å². The van der Waals surface area contributed by atoms with E-state index in [9.17, 15) is 18.5 Å². The SMILES string of the molecule is CC(=N)N1CCN(S(=O)(=O)c2cnc3n2[C@](C)(Cc2ccc(C#N)cc2)C(=O)N3c2cc(Cl)cc(Cl)c2)CC1. The molecule has 3 heterocycles. The first-order valence-electron chi connectivity index (χ1n) is 12.1. The summed E-state index contributed by atoms with van der Waals surface area (Å²) in [5.41, 5.74) is 0.216. The summed E-state index contributed by atoms with van der Waals surface area (Å²) < 4.78 is 30.7. The highest BCUT2D eigenvalue weighted by molar-refractivity contribution is 7.89. The van der Waals surface area contributed by atoms with Gasteiger partial charge < -0.3 is 4.90 Å². The zero-order valence-corrected chi connectivity index (χ0v) is 23.6. The number of aromatic nitrogens is 2. The fraction of sp³-hybridized carbons (Fsp3) is 0.308. The zero-order chi connectivity index (χ0) is 28.1. The highest BCUT2D eigenvalue weighted by Crippen LogP contribution is 2.44. The van der Waals surface area contributed by atoms with Crippen molar-refractivity contribution in [3.8, 4) is 6.07 Å². The normalized spacial score (nSPS) is 19.7. The topological polar surface area (TPSA) is 126 Å². The number of hydrogen-bond acceptors (Lipinski definition) is 6. The molecule has 13 heteroatoms. The first-order chi connectivity index (χ1) is 18.5. The number of halogens is 2. The number of imidazole rings is 1. The Labute approximate surface area is 236 Å². The van der Waals surface area contributed by atoms with Gasteiger partial charge in [0.1, 0.15) is 5.54 Å². The Hall–Kier alpha value is -3.43. The van der Waals surface area contributed by atoms with Gasteiger partial charge in [0, 0.05) is 42.6 Å². The van der Waals surface area contributed by atoms with Crippen molar-refractivity contribution in [1.29, 1.82) is 10.7 Å². The summed E-state index contributed by atoms with van der Waals surface area (Å²) in [4.78, 5) is 21.7. The van der Waals surface area contributed by atoms with E-state index in [0.29, 0.717) is 40.2 Å². The number of anilines is 2. The summed E-state index contributed by atoms with van der Waals surface area (Å²) in [7, 11) is -4.05. The van der Waals surface area contributed by atoms with Crippen LogP contribution >= 0.6 is 23.2 Å². The highest BCUT2D eigenvalue weighted by Gasteiger charge is 2.52. The number of nitrogens with zero attached hydrogens (tertiary/aromatic N) is 6. The van der Waals surface area contributed by atoms with Gasteiger partial charge in [0.2, 0.25) is 5.95 Å². The largest absolute Gasteiger partial charge is 0.358 e. The van der Waals surface area contributed by atoms with E-state index in [-0.39, 0.29) is 30.5 Å². The van der Waals surface area contributed by atoms with Crippen LogP contribution in [-0.2, 0) is 26.8 Å². The molecule has 0 unspecified atom stereocenters. The lowest BCUT2D eigenvalue weighted by molar-refractivity contribution is -0.124. The lowest BCUT2D eigenvalue weighted by atomic mass is 9.91. The van der Waals surface area contributed by atoms with Crippen LogP contribution in [0.3, 0.4) is 0 Å². The summed E-state index contributed by atoms with van der Waals surface area (Å²) in [5.74, 6) is 0.129. The van der Waals surface area contributed by atoms with Crippen molar-refractivity contribution in [1.82, 2.24) is 18.8 Å². The fourth-order valence-electron chi connectivity index (χ4n) is 5.10. The quantitative estimate of drug-likeness (QED) is 0.356. The van der Waals surface area contributed by atoms with Gasteiger partial charge in [-0.25, -0.2) is 18.3 Å². The van der Waals surface area contributed by atoms with Crippen LogP contribution in [0.25, 0.3) is 0 Å². The first kappa shape index (κ1) is 27.1. The van der Waals surface area contributed by atoms with Gasteiger partial charge in [0.15, 0.2) is 5.03 Å². The molecule has 5 rings (SSSR count). The predicted molar refractivity (Wildman–Crippen MR) is 148 cm³/mol. The number of carbonyl (C=O) groups excluding carboxylic acids is 1. The average Bonchev–Trinajstić information content (AvgIpc) is 3.42. The third-order valence-corrected chi connectivity index (χ3v) is 9.42. The van der Waals surface area contributed by atoms with Gasteiger partial charge in [-0.3, -0.25) is 14.8 Å². The fourth-order valence-corrected chi connectivity index (χ4v) is 7.23. The highest BCUT2D eigenvalue weighted by atomic mass is 35.5. The molecule has 3 aromatic rings. The van der Waals surface area contributed by atoms with Gasteiger partial charge in [-0.2, -0.15) is 9.57 Å². The molecule has 2 aliphatic rings. The second kappa shape index (κ2) is 9.95. The lowest BCUT2D eigenvalue weighted by Crippen LogP contribution is -2.50. The van der Waals surface area contributed by atoms with E-state index in [1.165, 1.54) is 20.0 Å². The standard InChI is InChI=1S/C26H25Cl2N7O3S/c1-17(30)32-7-9-33(10-8-32)39(37,38)23-16-31-25-34(22-12-20(27)11-21(28)13-22)24(36)26(2,35(23)25)14-18-3-5-19(15-29)6-4-18/h3-6,11-13,16,30H,7-10,14H2,1-2H3/t26-/m1/s1. The molecule has 202 valence electrons. The number of nitriles is 1. The minimum absolute atomic E-state index is 0.0994. The Bertz CT molecular complexity index is 1600. The number of rotatable bonds is 5. The van der Waals surface area contributed by atoms with Crippen LogP contribution in [0.1, 0.15) is 25.0 Å². The molecule has 1 aromatic heterocycles. The molecule has 1 fully saturated rings. The van der Waals surface area contributed by atoms with Crippen LogP contribution in [0.15, 0.2) is 53.7 Å². The molecule has 1 saturated heterocycles. The van der Waals surface area contributed by atoms with E-state index in [4.69, 9.17) is 28.6 Å². The number of piperazine rings is 1. The Kier molecular flexibility index (Phi) is 6.93. The molecule has 1 atom stereocenters. The smallest absolute Gasteiger partial charge is 0.260 e. The van der Waals surface area contributed by atoms with Crippen molar-refractivity contribution in [2.45, 2.75) is 30.8 Å². The Morgan fingerprint density at radius 1 is 1.10 bits per heavy atom. The molecule has 10 nitrogen and oxygen atoms in total. The molecule has 2 aliphatic heterocycles. The molecule has 39 heavy (non-hydrogen) atoms. The van der Waals surface area contributed by atoms with Crippen molar-refractivity contribution < 1.29 is 13.2 Å². The molecule has 0 saturated carbocycles. The van der Waals surface area contributed by atoms with Crippen molar-refractivity contribution in [3.63, 3.8) is 0 Å². The number of amides is 1. The number of carbonyl (C=O) groups is 1. The van der Waals surface area contributed by atoms with Crippen LogP contribution < -0.4 is 4.90 Å². The number of fused-ring (bicyclic) bond motifs is 1. The van der Waals surface area contributed by atoms with Crippen LogP contribution in [0.4, 0.5) is 11.6 Å². The molecule has 1 amide bonds. The van der Waals surface area contributed by atoms with E-state index < -0.39 is 21.5 Å². The Morgan fingerprint density at radius 3 is 2.28 bits per heavy atom. The van der Waals surface area contributed by atoms with E-state index >= 15 is 0 Å². The molecule has 0 bridgehead atoms. The van der Waals surface area contributed by atoms with E-state index in [1.807, 2.05) is 4.90 Å². The summed E-state index contributed by atoms with van der Waals surface area (Å²) in [6.07, 6.45) is 1.43. The molecular formula is C26H25Cl2N7O3S. The minimum Gasteiger partial charge on any atom is -0.358 e. The van der Waals surface area contributed by atoms with Crippen LogP contribution in [0.5, 0.6) is 0 Å². The maximum absolute atomic E-state index is 14.2. The molecule has 1 N–H and O–H groups in total. The number of hydrogen-bond donors (Lipinski definition) is 1. The van der Waals surface area contributed by atoms with Crippen molar-refractivity contribution in [3.05, 3.63) is 69.8 Å². The van der Waals surface area contributed by atoms with Crippen LogP contribution in [-0.4, -0.2) is 65.1 Å². The van der Waals surface area contributed by atoms with Crippen LogP contribution in [0.2, 0.25) is 10.0 Å². The first-order valence-corrected chi connectivity index (χ1v) is 14.3. The van der Waals surface area contributed by atoms with Crippen molar-refractivity contribution in [2.75, 3.05) is 31.1 Å². The summed E-state index contributed by atoms with van der Waals surface area (Å²) in [5, 5.41) is 17.6. The predicted octanol–water partition coefficient (Wildman–Crippen LogP) is 4.00. The molecular weight excluding hydrogens is 561 g/mol. The third-order valence-electron chi connectivity index (χ3n) is 7.12. The van der Waals surface area contributed by atoms with Gasteiger partial charge in [-0.05, 0) is 49.7 Å². The lowest BCUT2D eigenvalue weighted by Gasteiger charge is -2.35. The van der Waals surface area contributed by atoms with Gasteiger partial charge in [0.25, 0.3) is 15.9 Å². The third kappa shape index (κ3) is 4.67. The summed E-state index contributed by atoms with van der Waals surface area (Å²) >= 11 is 12.5. The molecule has 0 spiro atoms. The maximum Gasteiger partial charge on any atom is 0.260 e. The van der Waals surface area contributed by atoms with Gasteiger partial charge in [-0.1, -0.05) is 35.3 Å². The second-order valence-corrected chi connectivity index (χ2v) is 12.5. The van der Waals surface area contributed by atoms with Gasteiger partial charge >= 0.3 is 0 Å².